The summed E-state index contributed by atoms with van der Waals surface area (Å²) in [6, 6.07) is 72.0. The van der Waals surface area contributed by atoms with Crippen molar-refractivity contribution in [1.82, 2.24) is 14.1 Å². The third kappa shape index (κ3) is 4.69. The van der Waals surface area contributed by atoms with Crippen molar-refractivity contribution in [2.24, 2.45) is 0 Å². The molecule has 0 saturated heterocycles. The minimum Gasteiger partial charge on any atom is -0.455 e. The maximum absolute atomic E-state index is 6.64. The summed E-state index contributed by atoms with van der Waals surface area (Å²) < 4.78 is 11.5. The number of furan rings is 1. The molecule has 59 heavy (non-hydrogen) atoms. The van der Waals surface area contributed by atoms with Crippen LogP contribution >= 0.6 is 0 Å². The van der Waals surface area contributed by atoms with Gasteiger partial charge in [-0.1, -0.05) is 140 Å². The normalized spacial score (nSPS) is 12.1. The standard InChI is InChI=1S/C55H33N3O/c1-7-19-47-39(13-1)45-29-30-46-44-18-6-12-24-52(44)59-55(46)53(45)54(56-47)35-27-25-34(26-28-35)36-31-37(57-48-20-8-2-14-40(48)41-15-3-9-21-49(41)57)33-38(32-36)58-50-22-10-4-16-42(50)43-17-5-11-23-51(43)58/h1-33H. The number of rotatable bonds is 4. The van der Waals surface area contributed by atoms with E-state index in [9.17, 15) is 0 Å². The van der Waals surface area contributed by atoms with Gasteiger partial charge in [-0.3, -0.25) is 0 Å². The number of benzene rings is 9. The summed E-state index contributed by atoms with van der Waals surface area (Å²) in [5.41, 5.74) is 13.9. The molecule has 0 saturated carbocycles. The molecule has 0 N–H and O–H groups in total. The lowest BCUT2D eigenvalue weighted by Crippen LogP contribution is -2.00. The number of aromatic nitrogens is 3. The fourth-order valence-corrected chi connectivity index (χ4v) is 9.67. The summed E-state index contributed by atoms with van der Waals surface area (Å²) >= 11 is 0. The van der Waals surface area contributed by atoms with Crippen molar-refractivity contribution in [3.8, 4) is 33.8 Å². The molecule has 13 rings (SSSR count). The molecule has 4 nitrogen and oxygen atoms in total. The molecule has 4 heteroatoms. The Balaban J connectivity index is 1.05. The van der Waals surface area contributed by atoms with E-state index in [0.717, 1.165) is 77.4 Å². The van der Waals surface area contributed by atoms with Crippen LogP contribution in [0.4, 0.5) is 0 Å². The third-order valence-electron chi connectivity index (χ3n) is 12.3. The molecule has 0 amide bonds. The highest BCUT2D eigenvalue weighted by molar-refractivity contribution is 6.23. The van der Waals surface area contributed by atoms with Gasteiger partial charge in [0.05, 0.1) is 38.7 Å². The smallest absolute Gasteiger partial charge is 0.145 e. The summed E-state index contributed by atoms with van der Waals surface area (Å²) in [6.07, 6.45) is 0. The minimum absolute atomic E-state index is 0.871. The van der Waals surface area contributed by atoms with Crippen LogP contribution in [0, 0.1) is 0 Å². The summed E-state index contributed by atoms with van der Waals surface area (Å²) in [7, 11) is 0. The van der Waals surface area contributed by atoms with E-state index in [0.29, 0.717) is 0 Å². The molecule has 0 bridgehead atoms. The molecule has 0 radical (unpaired) electrons. The average molecular weight is 752 g/mol. The molecule has 0 fully saturated rings. The molecular weight excluding hydrogens is 719 g/mol. The Morgan fingerprint density at radius 1 is 0.339 bits per heavy atom. The Kier molecular flexibility index (Phi) is 6.69. The summed E-state index contributed by atoms with van der Waals surface area (Å²) in [6.45, 7) is 0. The first-order chi connectivity index (χ1) is 29.3. The van der Waals surface area contributed by atoms with Crippen LogP contribution in [-0.4, -0.2) is 14.1 Å². The lowest BCUT2D eigenvalue weighted by atomic mass is 9.96. The first-order valence-electron chi connectivity index (χ1n) is 20.1. The first kappa shape index (κ1) is 32.2. The monoisotopic (exact) mass is 751 g/mol. The number of para-hydroxylation sites is 6. The van der Waals surface area contributed by atoms with Crippen LogP contribution in [-0.2, 0) is 0 Å². The zero-order valence-electron chi connectivity index (χ0n) is 31.8. The van der Waals surface area contributed by atoms with Crippen molar-refractivity contribution < 1.29 is 4.42 Å². The zero-order valence-corrected chi connectivity index (χ0v) is 31.8. The topological polar surface area (TPSA) is 35.9 Å². The highest BCUT2D eigenvalue weighted by Gasteiger charge is 2.20. The van der Waals surface area contributed by atoms with E-state index < -0.39 is 0 Å². The van der Waals surface area contributed by atoms with Gasteiger partial charge in [0.15, 0.2) is 0 Å². The molecule has 0 aliphatic heterocycles. The lowest BCUT2D eigenvalue weighted by molar-refractivity contribution is 0.672. The molecule has 0 spiro atoms. The van der Waals surface area contributed by atoms with Crippen molar-refractivity contribution in [2.45, 2.75) is 0 Å². The Hall–Kier alpha value is -7.95. The first-order valence-corrected chi connectivity index (χ1v) is 20.1. The molecule has 9 aromatic carbocycles. The van der Waals surface area contributed by atoms with Crippen LogP contribution in [0.1, 0.15) is 0 Å². The van der Waals surface area contributed by atoms with Gasteiger partial charge in [-0.25, -0.2) is 4.98 Å². The Labute approximate surface area is 338 Å². The van der Waals surface area contributed by atoms with Gasteiger partial charge in [0, 0.05) is 54.6 Å². The molecule has 0 aliphatic rings. The van der Waals surface area contributed by atoms with Crippen LogP contribution in [0.25, 0.3) is 121 Å². The number of hydrogen-bond acceptors (Lipinski definition) is 2. The van der Waals surface area contributed by atoms with Crippen molar-refractivity contribution >= 4 is 87.2 Å². The third-order valence-corrected chi connectivity index (χ3v) is 12.3. The van der Waals surface area contributed by atoms with E-state index in [-0.39, 0.29) is 0 Å². The Morgan fingerprint density at radius 3 is 1.37 bits per heavy atom. The van der Waals surface area contributed by atoms with Gasteiger partial charge in [-0.05, 0) is 77.2 Å². The molecule has 0 unspecified atom stereocenters. The largest absolute Gasteiger partial charge is 0.455 e. The van der Waals surface area contributed by atoms with Crippen LogP contribution < -0.4 is 0 Å². The molecule has 0 aliphatic carbocycles. The number of hydrogen-bond donors (Lipinski definition) is 0. The second-order valence-electron chi connectivity index (χ2n) is 15.5. The van der Waals surface area contributed by atoms with Crippen LogP contribution in [0.15, 0.2) is 205 Å². The van der Waals surface area contributed by atoms with E-state index in [4.69, 9.17) is 9.40 Å². The number of pyridine rings is 1. The second kappa shape index (κ2) is 12.3. The second-order valence-corrected chi connectivity index (χ2v) is 15.5. The number of nitrogens with zero attached hydrogens (tertiary/aromatic N) is 3. The van der Waals surface area contributed by atoms with Crippen molar-refractivity contribution in [2.75, 3.05) is 0 Å². The van der Waals surface area contributed by atoms with E-state index in [1.54, 1.807) is 0 Å². The van der Waals surface area contributed by atoms with Crippen molar-refractivity contribution in [3.05, 3.63) is 200 Å². The molecule has 13 aromatic rings. The maximum Gasteiger partial charge on any atom is 0.145 e. The van der Waals surface area contributed by atoms with E-state index in [1.165, 1.54) is 43.6 Å². The molecular formula is C55H33N3O. The predicted octanol–water partition coefficient (Wildman–Crippen LogP) is 14.8. The number of fused-ring (bicyclic) bond motifs is 13. The van der Waals surface area contributed by atoms with Gasteiger partial charge in [0.2, 0.25) is 0 Å². The van der Waals surface area contributed by atoms with Gasteiger partial charge < -0.3 is 13.6 Å². The maximum atomic E-state index is 6.64. The highest BCUT2D eigenvalue weighted by atomic mass is 16.3. The Morgan fingerprint density at radius 2 is 0.797 bits per heavy atom. The van der Waals surface area contributed by atoms with Gasteiger partial charge >= 0.3 is 0 Å². The fraction of sp³-hybridized carbons (Fsp3) is 0. The van der Waals surface area contributed by atoms with Crippen LogP contribution in [0.3, 0.4) is 0 Å². The molecule has 0 atom stereocenters. The lowest BCUT2D eigenvalue weighted by Gasteiger charge is -2.16. The zero-order chi connectivity index (χ0) is 38.6. The van der Waals surface area contributed by atoms with Crippen molar-refractivity contribution in [3.63, 3.8) is 0 Å². The van der Waals surface area contributed by atoms with E-state index in [1.807, 2.05) is 12.1 Å². The summed E-state index contributed by atoms with van der Waals surface area (Å²) in [5.74, 6) is 0. The Bertz CT molecular complexity index is 3610. The molecule has 4 aromatic heterocycles. The van der Waals surface area contributed by atoms with Gasteiger partial charge in [-0.2, -0.15) is 0 Å². The predicted molar refractivity (Wildman–Crippen MR) is 246 cm³/mol. The quantitative estimate of drug-likeness (QED) is 0.168. The van der Waals surface area contributed by atoms with Crippen molar-refractivity contribution in [1.29, 1.82) is 0 Å². The van der Waals surface area contributed by atoms with Gasteiger partial charge in [-0.15, -0.1) is 0 Å². The van der Waals surface area contributed by atoms with Gasteiger partial charge in [0.1, 0.15) is 11.2 Å². The highest BCUT2D eigenvalue weighted by Crippen LogP contribution is 2.42. The van der Waals surface area contributed by atoms with Crippen LogP contribution in [0.2, 0.25) is 0 Å². The SMILES string of the molecule is c1ccc2c(c1)nc(-c1ccc(-c3cc(-n4c5ccccc5c5ccccc54)cc(-n4c5ccccc5c5ccccc54)c3)cc1)c1c2ccc2c3ccccc3oc21. The van der Waals surface area contributed by atoms with Crippen LogP contribution in [0.5, 0.6) is 0 Å². The summed E-state index contributed by atoms with van der Waals surface area (Å²) in [4.78, 5) is 5.34. The minimum atomic E-state index is 0.871. The van der Waals surface area contributed by atoms with E-state index >= 15 is 0 Å². The summed E-state index contributed by atoms with van der Waals surface area (Å²) in [5, 5.41) is 10.5. The molecule has 274 valence electrons. The molecule has 4 heterocycles. The fourth-order valence-electron chi connectivity index (χ4n) is 9.67. The van der Waals surface area contributed by atoms with Gasteiger partial charge in [0.25, 0.3) is 0 Å². The van der Waals surface area contributed by atoms with E-state index in [2.05, 4.69) is 197 Å². The average Bonchev–Trinajstić information content (AvgIpc) is 3.97.